The molecule has 2 aliphatic rings. The van der Waals surface area contributed by atoms with Crippen molar-refractivity contribution in [3.05, 3.63) is 54.1 Å². The molecule has 1 fully saturated rings. The number of anilines is 1. The zero-order chi connectivity index (χ0) is 18.9. The quantitative estimate of drug-likeness (QED) is 0.865. The van der Waals surface area contributed by atoms with Crippen molar-refractivity contribution in [1.82, 2.24) is 0 Å². The van der Waals surface area contributed by atoms with Gasteiger partial charge in [-0.05, 0) is 69.0 Å². The topological polar surface area (TPSA) is 89.2 Å². The van der Waals surface area contributed by atoms with Crippen LogP contribution in [-0.4, -0.2) is 17.6 Å². The number of guanidine groups is 2. The Bertz CT molecular complexity index is 864. The van der Waals surface area contributed by atoms with Gasteiger partial charge >= 0.3 is 0 Å². The Morgan fingerprint density at radius 3 is 2.11 bits per heavy atom. The number of benzene rings is 2. The first kappa shape index (κ1) is 17.4. The molecule has 140 valence electrons. The molecule has 4 N–H and O–H groups in total. The minimum atomic E-state index is -0.423. The molecule has 1 spiro atoms. The fourth-order valence-corrected chi connectivity index (χ4v) is 3.90. The highest BCUT2D eigenvalue weighted by atomic mass is 16.5. The van der Waals surface area contributed by atoms with E-state index in [1.807, 2.05) is 53.4 Å². The molecular formula is C21H25N5O. The predicted molar refractivity (Wildman–Crippen MR) is 109 cm³/mol. The zero-order valence-corrected chi connectivity index (χ0v) is 15.6. The molecule has 0 atom stereocenters. The molecular weight excluding hydrogens is 338 g/mol. The van der Waals surface area contributed by atoms with Gasteiger partial charge in [0.1, 0.15) is 17.2 Å². The predicted octanol–water partition coefficient (Wildman–Crippen LogP) is 3.90. The van der Waals surface area contributed by atoms with Gasteiger partial charge in [-0.15, -0.1) is 0 Å². The summed E-state index contributed by atoms with van der Waals surface area (Å²) in [5.41, 5.74) is 13.9. The van der Waals surface area contributed by atoms with Gasteiger partial charge in [-0.2, -0.15) is 4.99 Å². The van der Waals surface area contributed by atoms with E-state index < -0.39 is 5.66 Å². The van der Waals surface area contributed by atoms with Gasteiger partial charge in [-0.3, -0.25) is 4.90 Å². The normalized spacial score (nSPS) is 18.8. The summed E-state index contributed by atoms with van der Waals surface area (Å²) in [5.74, 6) is 2.26. The highest BCUT2D eigenvalue weighted by Gasteiger charge is 2.42. The molecule has 2 aromatic rings. The van der Waals surface area contributed by atoms with E-state index in [9.17, 15) is 0 Å². The van der Waals surface area contributed by atoms with Crippen molar-refractivity contribution in [2.24, 2.45) is 21.5 Å². The van der Waals surface area contributed by atoms with Gasteiger partial charge in [0, 0.05) is 5.69 Å². The van der Waals surface area contributed by atoms with Gasteiger partial charge in [0.25, 0.3) is 0 Å². The minimum absolute atomic E-state index is 0.268. The standard InChI is InChI=1S/C21H25N5O/c1-15-5-9-17(10-6-15)27-18-11-7-16(8-12-18)26-20(23)24-19(22)25-21(26)13-3-2-4-14-21/h5-12H,2-4,13-14H2,1H3,(H4,22,23,24,25). The monoisotopic (exact) mass is 363 g/mol. The fourth-order valence-electron chi connectivity index (χ4n) is 3.90. The number of nitrogens with zero attached hydrogens (tertiary/aromatic N) is 3. The lowest BCUT2D eigenvalue weighted by Crippen LogP contribution is -2.58. The van der Waals surface area contributed by atoms with E-state index in [-0.39, 0.29) is 5.96 Å². The van der Waals surface area contributed by atoms with E-state index >= 15 is 0 Å². The first-order valence-corrected chi connectivity index (χ1v) is 9.40. The van der Waals surface area contributed by atoms with Crippen LogP contribution in [0.5, 0.6) is 11.5 Å². The second-order valence-corrected chi connectivity index (χ2v) is 7.23. The van der Waals surface area contributed by atoms with E-state index in [1.54, 1.807) is 0 Å². The van der Waals surface area contributed by atoms with Gasteiger partial charge < -0.3 is 16.2 Å². The molecule has 1 aliphatic heterocycles. The maximum atomic E-state index is 6.27. The van der Waals surface area contributed by atoms with Crippen LogP contribution in [0, 0.1) is 6.92 Å². The summed E-state index contributed by atoms with van der Waals surface area (Å²) in [6.07, 6.45) is 5.27. The second-order valence-electron chi connectivity index (χ2n) is 7.23. The molecule has 2 aromatic carbocycles. The van der Waals surface area contributed by atoms with Gasteiger partial charge in [-0.25, -0.2) is 4.99 Å². The van der Waals surface area contributed by atoms with Crippen molar-refractivity contribution in [3.63, 3.8) is 0 Å². The molecule has 0 radical (unpaired) electrons. The molecule has 6 nitrogen and oxygen atoms in total. The number of nitrogens with two attached hydrogens (primary N) is 2. The number of hydrogen-bond acceptors (Lipinski definition) is 6. The molecule has 0 bridgehead atoms. The molecule has 6 heteroatoms. The number of rotatable bonds is 3. The molecule has 0 unspecified atom stereocenters. The summed E-state index contributed by atoms with van der Waals surface area (Å²) in [5, 5.41) is 0. The van der Waals surface area contributed by atoms with E-state index in [1.165, 1.54) is 12.0 Å². The Hall–Kier alpha value is -3.02. The Balaban J connectivity index is 1.60. The third kappa shape index (κ3) is 3.47. The molecule has 0 amide bonds. The van der Waals surface area contributed by atoms with Crippen LogP contribution in [0.1, 0.15) is 37.7 Å². The van der Waals surface area contributed by atoms with E-state index in [2.05, 4.69) is 11.9 Å². The molecule has 4 rings (SSSR count). The highest BCUT2D eigenvalue weighted by molar-refractivity contribution is 6.05. The lowest BCUT2D eigenvalue weighted by atomic mass is 9.87. The minimum Gasteiger partial charge on any atom is -0.457 e. The van der Waals surface area contributed by atoms with E-state index in [4.69, 9.17) is 21.2 Å². The first-order valence-electron chi connectivity index (χ1n) is 9.40. The molecule has 0 saturated heterocycles. The van der Waals surface area contributed by atoms with Crippen LogP contribution in [0.15, 0.2) is 58.5 Å². The summed E-state index contributed by atoms with van der Waals surface area (Å²) < 4.78 is 5.93. The van der Waals surface area contributed by atoms with E-state index in [0.29, 0.717) is 5.96 Å². The number of hydrogen-bond donors (Lipinski definition) is 2. The van der Waals surface area contributed by atoms with Crippen LogP contribution in [0.2, 0.25) is 0 Å². The summed E-state index contributed by atoms with van der Waals surface area (Å²) in [7, 11) is 0. The lowest BCUT2D eigenvalue weighted by Gasteiger charge is -2.45. The summed E-state index contributed by atoms with van der Waals surface area (Å²) in [6, 6.07) is 15.9. The van der Waals surface area contributed by atoms with Crippen molar-refractivity contribution >= 4 is 17.6 Å². The summed E-state index contributed by atoms with van der Waals surface area (Å²) in [6.45, 7) is 2.06. The zero-order valence-electron chi connectivity index (χ0n) is 15.6. The van der Waals surface area contributed by atoms with Crippen LogP contribution in [0.4, 0.5) is 5.69 Å². The Labute approximate surface area is 159 Å². The SMILES string of the molecule is Cc1ccc(Oc2ccc(N3C(N)=NC(N)=NC34CCCCC4)cc2)cc1. The Morgan fingerprint density at radius 2 is 1.48 bits per heavy atom. The van der Waals surface area contributed by atoms with Crippen LogP contribution >= 0.6 is 0 Å². The average molecular weight is 363 g/mol. The molecule has 1 saturated carbocycles. The molecule has 1 heterocycles. The summed E-state index contributed by atoms with van der Waals surface area (Å²) >= 11 is 0. The largest absolute Gasteiger partial charge is 0.457 e. The maximum absolute atomic E-state index is 6.27. The van der Waals surface area contributed by atoms with Gasteiger partial charge in [0.15, 0.2) is 0 Å². The lowest BCUT2D eigenvalue weighted by molar-refractivity contribution is 0.305. The second kappa shape index (κ2) is 6.95. The highest BCUT2D eigenvalue weighted by Crippen LogP contribution is 2.39. The van der Waals surface area contributed by atoms with Crippen molar-refractivity contribution in [2.45, 2.75) is 44.7 Å². The van der Waals surface area contributed by atoms with Gasteiger partial charge in [0.05, 0.1) is 0 Å². The molecule has 27 heavy (non-hydrogen) atoms. The molecule has 0 aromatic heterocycles. The Morgan fingerprint density at radius 1 is 0.889 bits per heavy atom. The first-order chi connectivity index (χ1) is 13.1. The van der Waals surface area contributed by atoms with Crippen LogP contribution in [0.3, 0.4) is 0 Å². The van der Waals surface area contributed by atoms with Crippen LogP contribution in [0.25, 0.3) is 0 Å². The third-order valence-electron chi connectivity index (χ3n) is 5.20. The van der Waals surface area contributed by atoms with Crippen molar-refractivity contribution in [1.29, 1.82) is 0 Å². The van der Waals surface area contributed by atoms with E-state index in [0.717, 1.165) is 42.9 Å². The summed E-state index contributed by atoms with van der Waals surface area (Å²) in [4.78, 5) is 10.9. The number of aryl methyl sites for hydroxylation is 1. The number of aliphatic imine (C=N–C) groups is 2. The van der Waals surface area contributed by atoms with Gasteiger partial charge in [-0.1, -0.05) is 24.1 Å². The van der Waals surface area contributed by atoms with Gasteiger partial charge in [0.2, 0.25) is 11.9 Å². The fraction of sp³-hybridized carbons (Fsp3) is 0.333. The third-order valence-corrected chi connectivity index (χ3v) is 5.20. The number of ether oxygens (including phenoxy) is 1. The van der Waals surface area contributed by atoms with Crippen LogP contribution in [-0.2, 0) is 0 Å². The molecule has 1 aliphatic carbocycles. The van der Waals surface area contributed by atoms with Crippen molar-refractivity contribution in [3.8, 4) is 11.5 Å². The van der Waals surface area contributed by atoms with Crippen LogP contribution < -0.4 is 21.1 Å². The maximum Gasteiger partial charge on any atom is 0.220 e. The van der Waals surface area contributed by atoms with Crippen molar-refractivity contribution < 1.29 is 4.74 Å². The van der Waals surface area contributed by atoms with Crippen molar-refractivity contribution in [2.75, 3.05) is 4.90 Å². The smallest absolute Gasteiger partial charge is 0.220 e. The average Bonchev–Trinajstić information content (AvgIpc) is 2.65. The Kier molecular flexibility index (Phi) is 4.48.